The van der Waals surface area contributed by atoms with E-state index in [1.807, 2.05) is 0 Å². The molecule has 1 aromatic carbocycles. The predicted octanol–water partition coefficient (Wildman–Crippen LogP) is 0.193. The van der Waals surface area contributed by atoms with Gasteiger partial charge in [-0.15, -0.1) is 0 Å². The van der Waals surface area contributed by atoms with E-state index in [0.717, 1.165) is 0 Å². The number of benzene rings is 1. The van der Waals surface area contributed by atoms with Crippen molar-refractivity contribution in [2.45, 2.75) is 0 Å². The second-order valence-corrected chi connectivity index (χ2v) is 3.03. The molecule has 0 saturated carbocycles. The SMILES string of the molecule is O=S(=O)(O)Oc1ccc(O)cc1.[K]. The summed E-state index contributed by atoms with van der Waals surface area (Å²) >= 11 is 0. The van der Waals surface area contributed by atoms with Gasteiger partial charge in [-0.25, -0.2) is 0 Å². The standard InChI is InChI=1S/C6H6O5S.K/c7-5-1-3-6(4-2-5)11-12(8,9)10;/h1-4,7H,(H,8,9,10);. The van der Waals surface area contributed by atoms with E-state index in [9.17, 15) is 8.42 Å². The van der Waals surface area contributed by atoms with Crippen LogP contribution in [0, 0.1) is 0 Å². The number of phenolic OH excluding ortho intramolecular Hbond substituents is 1. The molecule has 0 spiro atoms. The molecular formula is C6H6KO5S. The number of aromatic hydroxyl groups is 1. The summed E-state index contributed by atoms with van der Waals surface area (Å²) in [5.41, 5.74) is 0. The Kier molecular flexibility index (Phi) is 5.45. The molecule has 0 aliphatic carbocycles. The van der Waals surface area contributed by atoms with E-state index in [4.69, 9.17) is 9.66 Å². The van der Waals surface area contributed by atoms with Gasteiger partial charge in [-0.1, -0.05) is 0 Å². The molecule has 0 amide bonds. The van der Waals surface area contributed by atoms with Crippen molar-refractivity contribution in [3.8, 4) is 11.5 Å². The second kappa shape index (κ2) is 5.30. The van der Waals surface area contributed by atoms with Gasteiger partial charge in [-0.3, -0.25) is 4.55 Å². The van der Waals surface area contributed by atoms with Crippen LogP contribution >= 0.6 is 0 Å². The van der Waals surface area contributed by atoms with Crippen molar-refractivity contribution < 1.29 is 22.3 Å². The quantitative estimate of drug-likeness (QED) is 0.559. The van der Waals surface area contributed by atoms with Crippen LogP contribution in [0.15, 0.2) is 24.3 Å². The van der Waals surface area contributed by atoms with Gasteiger partial charge in [0.1, 0.15) is 11.5 Å². The molecule has 13 heavy (non-hydrogen) atoms. The normalized spacial score (nSPS) is 10.2. The molecule has 0 aliphatic rings. The molecule has 0 atom stereocenters. The fraction of sp³-hybridized carbons (Fsp3) is 0. The van der Waals surface area contributed by atoms with Crippen LogP contribution < -0.4 is 4.18 Å². The molecule has 0 fully saturated rings. The monoisotopic (exact) mass is 229 g/mol. The van der Waals surface area contributed by atoms with Gasteiger partial charge in [0.25, 0.3) is 0 Å². The van der Waals surface area contributed by atoms with Gasteiger partial charge in [-0.2, -0.15) is 8.42 Å². The minimum absolute atomic E-state index is 0. The van der Waals surface area contributed by atoms with Crippen LogP contribution in [0.25, 0.3) is 0 Å². The van der Waals surface area contributed by atoms with Crippen molar-refractivity contribution in [1.29, 1.82) is 0 Å². The summed E-state index contributed by atoms with van der Waals surface area (Å²) < 4.78 is 32.6. The largest absolute Gasteiger partial charge is 0.508 e. The Morgan fingerprint density at radius 1 is 1.15 bits per heavy atom. The van der Waals surface area contributed by atoms with E-state index < -0.39 is 10.4 Å². The number of hydrogen-bond donors (Lipinski definition) is 2. The number of hydrogen-bond acceptors (Lipinski definition) is 4. The average molecular weight is 229 g/mol. The molecule has 0 unspecified atom stereocenters. The van der Waals surface area contributed by atoms with E-state index >= 15 is 0 Å². The maximum atomic E-state index is 10.2. The maximum Gasteiger partial charge on any atom is 0.446 e. The summed E-state index contributed by atoms with van der Waals surface area (Å²) in [5.74, 6) is -0.0759. The summed E-state index contributed by atoms with van der Waals surface area (Å²) in [7, 11) is -4.47. The average Bonchev–Trinajstić information content (AvgIpc) is 1.91. The molecule has 7 heteroatoms. The van der Waals surface area contributed by atoms with Crippen LogP contribution in [0.3, 0.4) is 0 Å². The van der Waals surface area contributed by atoms with Crippen molar-refractivity contribution in [3.05, 3.63) is 24.3 Å². The van der Waals surface area contributed by atoms with Crippen LogP contribution in [-0.2, 0) is 10.4 Å². The summed E-state index contributed by atoms with van der Waals surface area (Å²) in [6.45, 7) is 0. The molecule has 1 radical (unpaired) electrons. The van der Waals surface area contributed by atoms with Crippen LogP contribution in [0.2, 0.25) is 0 Å². The van der Waals surface area contributed by atoms with Gasteiger partial charge in [0, 0.05) is 51.4 Å². The van der Waals surface area contributed by atoms with Crippen molar-refractivity contribution in [1.82, 2.24) is 0 Å². The van der Waals surface area contributed by atoms with E-state index in [-0.39, 0.29) is 62.9 Å². The van der Waals surface area contributed by atoms with Crippen LogP contribution in [-0.4, -0.2) is 69.5 Å². The Labute approximate surface area is 118 Å². The van der Waals surface area contributed by atoms with E-state index in [1.165, 1.54) is 24.3 Å². The molecule has 0 bridgehead atoms. The molecule has 0 aromatic heterocycles. The van der Waals surface area contributed by atoms with Gasteiger partial charge in [0.2, 0.25) is 0 Å². The van der Waals surface area contributed by atoms with Crippen LogP contribution in [0.4, 0.5) is 0 Å². The molecule has 5 nitrogen and oxygen atoms in total. The Hall–Kier alpha value is 0.366. The van der Waals surface area contributed by atoms with Gasteiger partial charge in [-0.05, 0) is 24.3 Å². The molecule has 0 heterocycles. The Morgan fingerprint density at radius 2 is 1.62 bits per heavy atom. The van der Waals surface area contributed by atoms with Gasteiger partial charge < -0.3 is 9.29 Å². The van der Waals surface area contributed by atoms with Gasteiger partial charge in [0.05, 0.1) is 0 Å². The maximum absolute atomic E-state index is 10.2. The first-order valence-electron chi connectivity index (χ1n) is 2.93. The summed E-state index contributed by atoms with van der Waals surface area (Å²) in [5, 5.41) is 8.79. The van der Waals surface area contributed by atoms with E-state index in [1.54, 1.807) is 0 Å². The molecule has 0 aliphatic heterocycles. The summed E-state index contributed by atoms with van der Waals surface area (Å²) in [4.78, 5) is 0. The third-order valence-corrected chi connectivity index (χ3v) is 1.44. The van der Waals surface area contributed by atoms with Crippen LogP contribution in [0.1, 0.15) is 0 Å². The van der Waals surface area contributed by atoms with Crippen LogP contribution in [0.5, 0.6) is 11.5 Å². The molecule has 1 aromatic rings. The van der Waals surface area contributed by atoms with Crippen molar-refractivity contribution in [3.63, 3.8) is 0 Å². The van der Waals surface area contributed by atoms with E-state index in [0.29, 0.717) is 0 Å². The zero-order valence-electron chi connectivity index (χ0n) is 6.84. The fourth-order valence-electron chi connectivity index (χ4n) is 0.623. The van der Waals surface area contributed by atoms with Gasteiger partial charge >= 0.3 is 10.4 Å². The van der Waals surface area contributed by atoms with Crippen molar-refractivity contribution in [2.24, 2.45) is 0 Å². The topological polar surface area (TPSA) is 83.8 Å². The third-order valence-electron chi connectivity index (χ3n) is 1.04. The molecule has 2 N–H and O–H groups in total. The van der Waals surface area contributed by atoms with E-state index in [2.05, 4.69) is 4.18 Å². The fourth-order valence-corrected chi connectivity index (χ4v) is 0.978. The first-order chi connectivity index (χ1) is 5.47. The number of phenols is 1. The summed E-state index contributed by atoms with van der Waals surface area (Å²) in [6.07, 6.45) is 0. The molecule has 1 rings (SSSR count). The van der Waals surface area contributed by atoms with Crippen molar-refractivity contribution in [2.75, 3.05) is 0 Å². The molecular weight excluding hydrogens is 223 g/mol. The zero-order valence-corrected chi connectivity index (χ0v) is 10.8. The third kappa shape index (κ3) is 5.63. The Morgan fingerprint density at radius 3 is 2.00 bits per heavy atom. The smallest absolute Gasteiger partial charge is 0.446 e. The Bertz CT molecular complexity index is 357. The first-order valence-corrected chi connectivity index (χ1v) is 4.30. The Balaban J connectivity index is 0.00000144. The minimum Gasteiger partial charge on any atom is -0.508 e. The zero-order chi connectivity index (χ0) is 9.19. The molecule has 67 valence electrons. The van der Waals surface area contributed by atoms with Crippen molar-refractivity contribution >= 4 is 61.8 Å². The van der Waals surface area contributed by atoms with Gasteiger partial charge in [0.15, 0.2) is 0 Å². The first kappa shape index (κ1) is 13.4. The molecule has 0 saturated heterocycles. The summed E-state index contributed by atoms with van der Waals surface area (Å²) in [6, 6.07) is 4.90. The second-order valence-electron chi connectivity index (χ2n) is 2.00. The predicted molar refractivity (Wildman–Crippen MR) is 46.0 cm³/mol. The minimum atomic E-state index is -4.47. The number of rotatable bonds is 2.